The molecule has 0 N–H and O–H groups in total. The van der Waals surface area contributed by atoms with Gasteiger partial charge in [-0.2, -0.15) is 4.31 Å². The van der Waals surface area contributed by atoms with Crippen LogP contribution in [0.1, 0.15) is 6.42 Å². The van der Waals surface area contributed by atoms with E-state index in [1.807, 2.05) is 6.08 Å². The number of rotatable bonds is 4. The maximum absolute atomic E-state index is 12.8. The topological polar surface area (TPSA) is 59.1 Å². The largest absolute Gasteiger partial charge is 0.490 e. The van der Waals surface area contributed by atoms with Gasteiger partial charge in [-0.3, -0.25) is 4.90 Å². The van der Waals surface area contributed by atoms with Crippen LogP contribution in [0.4, 0.5) is 0 Å². The second kappa shape index (κ2) is 6.90. The van der Waals surface area contributed by atoms with E-state index in [1.54, 1.807) is 18.2 Å². The molecule has 0 saturated carbocycles. The van der Waals surface area contributed by atoms with Crippen molar-refractivity contribution in [2.45, 2.75) is 11.3 Å². The van der Waals surface area contributed by atoms with Crippen molar-refractivity contribution in [2.24, 2.45) is 0 Å². The quantitative estimate of drug-likeness (QED) is 0.776. The monoisotopic (exact) mass is 338 g/mol. The molecule has 0 radical (unpaired) electrons. The molecule has 1 saturated heterocycles. The molecule has 2 aliphatic heterocycles. The molecule has 0 amide bonds. The Kier molecular flexibility index (Phi) is 4.89. The molecular formula is C16H22N2O4S. The van der Waals surface area contributed by atoms with Crippen molar-refractivity contribution in [2.75, 3.05) is 45.9 Å². The van der Waals surface area contributed by atoms with E-state index in [2.05, 4.69) is 11.5 Å². The molecule has 0 aromatic heterocycles. The molecule has 23 heavy (non-hydrogen) atoms. The summed E-state index contributed by atoms with van der Waals surface area (Å²) in [4.78, 5) is 2.45. The molecule has 2 aliphatic rings. The second-order valence-corrected chi connectivity index (χ2v) is 7.59. The van der Waals surface area contributed by atoms with Crippen molar-refractivity contribution in [1.29, 1.82) is 0 Å². The minimum Gasteiger partial charge on any atom is -0.490 e. The molecule has 0 unspecified atom stereocenters. The molecule has 7 heteroatoms. The van der Waals surface area contributed by atoms with Crippen LogP contribution in [0.25, 0.3) is 0 Å². The zero-order valence-electron chi connectivity index (χ0n) is 13.1. The molecule has 0 bridgehead atoms. The number of piperazine rings is 1. The van der Waals surface area contributed by atoms with Crippen LogP contribution in [0.5, 0.6) is 11.5 Å². The molecule has 2 heterocycles. The van der Waals surface area contributed by atoms with Crippen molar-refractivity contribution in [3.63, 3.8) is 0 Å². The van der Waals surface area contributed by atoms with Crippen molar-refractivity contribution < 1.29 is 17.9 Å². The van der Waals surface area contributed by atoms with Gasteiger partial charge in [0, 0.05) is 45.2 Å². The highest BCUT2D eigenvalue weighted by Gasteiger charge is 2.29. The highest BCUT2D eigenvalue weighted by atomic mass is 32.2. The molecule has 1 aromatic rings. The minimum atomic E-state index is -3.50. The smallest absolute Gasteiger partial charge is 0.243 e. The summed E-state index contributed by atoms with van der Waals surface area (Å²) in [6.07, 6.45) is 2.63. The van der Waals surface area contributed by atoms with E-state index in [1.165, 1.54) is 4.31 Å². The Labute approximate surface area is 137 Å². The lowest BCUT2D eigenvalue weighted by Gasteiger charge is -2.33. The third kappa shape index (κ3) is 3.52. The van der Waals surface area contributed by atoms with Gasteiger partial charge in [0.1, 0.15) is 0 Å². The van der Waals surface area contributed by atoms with Gasteiger partial charge in [0.15, 0.2) is 11.5 Å². The Balaban J connectivity index is 1.78. The summed E-state index contributed by atoms with van der Waals surface area (Å²) < 4.78 is 38.3. The summed E-state index contributed by atoms with van der Waals surface area (Å²) in [6, 6.07) is 4.85. The van der Waals surface area contributed by atoms with E-state index in [-0.39, 0.29) is 4.90 Å². The molecule has 1 fully saturated rings. The van der Waals surface area contributed by atoms with Crippen LogP contribution in [0, 0.1) is 0 Å². The number of benzene rings is 1. The van der Waals surface area contributed by atoms with E-state index in [0.29, 0.717) is 37.8 Å². The highest BCUT2D eigenvalue weighted by Crippen LogP contribution is 2.33. The summed E-state index contributed by atoms with van der Waals surface area (Å²) in [6.45, 7) is 8.05. The fraction of sp³-hybridized carbons (Fsp3) is 0.500. The van der Waals surface area contributed by atoms with Crippen LogP contribution in [0.3, 0.4) is 0 Å². The predicted molar refractivity (Wildman–Crippen MR) is 87.4 cm³/mol. The van der Waals surface area contributed by atoms with Crippen molar-refractivity contribution >= 4 is 10.0 Å². The van der Waals surface area contributed by atoms with Crippen LogP contribution in [0.2, 0.25) is 0 Å². The lowest BCUT2D eigenvalue weighted by atomic mass is 10.3. The third-order valence-corrected chi connectivity index (χ3v) is 5.97. The Hall–Kier alpha value is -1.57. The van der Waals surface area contributed by atoms with Gasteiger partial charge in [-0.05, 0) is 12.1 Å². The van der Waals surface area contributed by atoms with Gasteiger partial charge in [0.25, 0.3) is 0 Å². The number of nitrogens with zero attached hydrogens (tertiary/aromatic N) is 2. The van der Waals surface area contributed by atoms with Crippen molar-refractivity contribution in [3.05, 3.63) is 30.9 Å². The van der Waals surface area contributed by atoms with Crippen LogP contribution < -0.4 is 9.47 Å². The fourth-order valence-electron chi connectivity index (χ4n) is 2.79. The molecule has 0 spiro atoms. The number of ether oxygens (including phenoxy) is 2. The zero-order chi connectivity index (χ0) is 16.3. The highest BCUT2D eigenvalue weighted by molar-refractivity contribution is 7.89. The van der Waals surface area contributed by atoms with Gasteiger partial charge in [-0.1, -0.05) is 6.08 Å². The fourth-order valence-corrected chi connectivity index (χ4v) is 4.23. The van der Waals surface area contributed by atoms with Gasteiger partial charge in [-0.15, -0.1) is 6.58 Å². The van der Waals surface area contributed by atoms with Gasteiger partial charge in [-0.25, -0.2) is 8.42 Å². The summed E-state index contributed by atoms with van der Waals surface area (Å²) in [7, 11) is -3.50. The van der Waals surface area contributed by atoms with E-state index in [9.17, 15) is 8.42 Å². The first-order chi connectivity index (χ1) is 11.1. The maximum Gasteiger partial charge on any atom is 0.243 e. The maximum atomic E-state index is 12.8. The third-order valence-electron chi connectivity index (χ3n) is 4.08. The Morgan fingerprint density at radius 1 is 1.09 bits per heavy atom. The number of fused-ring (bicyclic) bond motifs is 1. The van der Waals surface area contributed by atoms with E-state index < -0.39 is 10.0 Å². The molecule has 6 nitrogen and oxygen atoms in total. The van der Waals surface area contributed by atoms with Crippen LogP contribution >= 0.6 is 0 Å². The van der Waals surface area contributed by atoms with Gasteiger partial charge in [0.05, 0.1) is 18.1 Å². The lowest BCUT2D eigenvalue weighted by Crippen LogP contribution is -2.48. The molecule has 0 aliphatic carbocycles. The van der Waals surface area contributed by atoms with Gasteiger partial charge in [0.2, 0.25) is 10.0 Å². The van der Waals surface area contributed by atoms with Crippen molar-refractivity contribution in [3.8, 4) is 11.5 Å². The Morgan fingerprint density at radius 2 is 1.78 bits per heavy atom. The van der Waals surface area contributed by atoms with Crippen LogP contribution in [-0.4, -0.2) is 63.6 Å². The first kappa shape index (κ1) is 16.3. The Morgan fingerprint density at radius 3 is 2.48 bits per heavy atom. The predicted octanol–water partition coefficient (Wildman–Crippen LogP) is 1.34. The average molecular weight is 338 g/mol. The zero-order valence-corrected chi connectivity index (χ0v) is 13.9. The summed E-state index contributed by atoms with van der Waals surface area (Å²) in [5.41, 5.74) is 0. The molecule has 1 aromatic carbocycles. The number of hydrogen-bond donors (Lipinski definition) is 0. The first-order valence-electron chi connectivity index (χ1n) is 7.84. The molecule has 3 rings (SSSR count). The average Bonchev–Trinajstić information content (AvgIpc) is 2.80. The second-order valence-electron chi connectivity index (χ2n) is 5.65. The van der Waals surface area contributed by atoms with E-state index in [4.69, 9.17) is 9.47 Å². The summed E-state index contributed by atoms with van der Waals surface area (Å²) >= 11 is 0. The van der Waals surface area contributed by atoms with Crippen LogP contribution in [-0.2, 0) is 10.0 Å². The SMILES string of the molecule is C=CCN1CCN(S(=O)(=O)c2ccc3c(c2)OCCCO3)CC1. The van der Waals surface area contributed by atoms with Crippen LogP contribution in [0.15, 0.2) is 35.7 Å². The van der Waals surface area contributed by atoms with E-state index >= 15 is 0 Å². The lowest BCUT2D eigenvalue weighted by molar-refractivity contribution is 0.204. The molecule has 126 valence electrons. The normalized spacial score (nSPS) is 20.0. The summed E-state index contributed by atoms with van der Waals surface area (Å²) in [5, 5.41) is 0. The van der Waals surface area contributed by atoms with Gasteiger partial charge >= 0.3 is 0 Å². The number of hydrogen-bond acceptors (Lipinski definition) is 5. The van der Waals surface area contributed by atoms with Crippen molar-refractivity contribution in [1.82, 2.24) is 9.21 Å². The number of sulfonamides is 1. The molecule has 0 atom stereocenters. The van der Waals surface area contributed by atoms with Gasteiger partial charge < -0.3 is 9.47 Å². The minimum absolute atomic E-state index is 0.263. The molecular weight excluding hydrogens is 316 g/mol. The standard InChI is InChI=1S/C16H22N2O4S/c1-2-6-17-7-9-18(10-8-17)23(19,20)14-4-5-15-16(13-14)22-12-3-11-21-15/h2,4-5,13H,1,3,6-12H2. The summed E-state index contributed by atoms with van der Waals surface area (Å²) in [5.74, 6) is 1.12. The van der Waals surface area contributed by atoms with E-state index in [0.717, 1.165) is 26.1 Å². The first-order valence-corrected chi connectivity index (χ1v) is 9.28. The Bertz CT molecular complexity index is 667.